The highest BCUT2D eigenvalue weighted by atomic mass is 35.5. The van der Waals surface area contributed by atoms with Gasteiger partial charge in [-0.15, -0.1) is 0 Å². The van der Waals surface area contributed by atoms with Crippen LogP contribution in [0.2, 0.25) is 5.02 Å². The molecule has 2 heterocycles. The molecule has 8 nitrogen and oxygen atoms in total. The summed E-state index contributed by atoms with van der Waals surface area (Å²) >= 11 is 5.89. The van der Waals surface area contributed by atoms with E-state index in [0.29, 0.717) is 41.2 Å². The molecule has 0 unspecified atom stereocenters. The number of carbonyl (C=O) groups is 1. The van der Waals surface area contributed by atoms with Gasteiger partial charge in [-0.05, 0) is 48.5 Å². The Balaban J connectivity index is 1.53. The predicted octanol–water partition coefficient (Wildman–Crippen LogP) is 3.92. The van der Waals surface area contributed by atoms with Crippen LogP contribution in [0.4, 0.5) is 5.69 Å². The Labute approximate surface area is 190 Å². The first kappa shape index (κ1) is 22.2. The number of hydrogen-bond acceptors (Lipinski definition) is 6. The van der Waals surface area contributed by atoms with Crippen molar-refractivity contribution in [2.24, 2.45) is 0 Å². The molecule has 0 spiro atoms. The van der Waals surface area contributed by atoms with Gasteiger partial charge in [0.1, 0.15) is 5.76 Å². The van der Waals surface area contributed by atoms with E-state index in [1.165, 1.54) is 30.5 Å². The van der Waals surface area contributed by atoms with E-state index in [9.17, 15) is 13.2 Å². The third kappa shape index (κ3) is 5.24. The number of benzene rings is 2. The van der Waals surface area contributed by atoms with Crippen molar-refractivity contribution >= 4 is 33.2 Å². The molecule has 0 saturated heterocycles. The van der Waals surface area contributed by atoms with Crippen LogP contribution < -0.4 is 14.8 Å². The van der Waals surface area contributed by atoms with Gasteiger partial charge in [0, 0.05) is 23.2 Å². The molecule has 0 bridgehead atoms. The summed E-state index contributed by atoms with van der Waals surface area (Å²) in [6.07, 6.45) is 2.21. The number of hydrogen-bond donors (Lipinski definition) is 1. The molecule has 0 fully saturated rings. The van der Waals surface area contributed by atoms with Gasteiger partial charge in [-0.1, -0.05) is 11.6 Å². The summed E-state index contributed by atoms with van der Waals surface area (Å²) in [5.74, 6) is 1.03. The Hall–Kier alpha value is -3.01. The maximum Gasteiger partial charge on any atom is 0.243 e. The third-order valence-corrected chi connectivity index (χ3v) is 6.77. The molecule has 0 saturated carbocycles. The van der Waals surface area contributed by atoms with E-state index in [0.717, 1.165) is 10.7 Å². The fourth-order valence-electron chi connectivity index (χ4n) is 3.16. The number of amides is 1. The highest BCUT2D eigenvalue weighted by Gasteiger charge is 2.28. The fourth-order valence-corrected chi connectivity index (χ4v) is 4.65. The summed E-state index contributed by atoms with van der Waals surface area (Å²) in [7, 11) is -3.99. The van der Waals surface area contributed by atoms with Crippen molar-refractivity contribution < 1.29 is 27.1 Å². The van der Waals surface area contributed by atoms with Gasteiger partial charge in [0.25, 0.3) is 0 Å². The topological polar surface area (TPSA) is 98.1 Å². The molecule has 1 N–H and O–H groups in total. The Kier molecular flexibility index (Phi) is 6.69. The summed E-state index contributed by atoms with van der Waals surface area (Å²) in [6.45, 7) is 0.552. The maximum absolute atomic E-state index is 13.2. The molecule has 1 aliphatic rings. The van der Waals surface area contributed by atoms with Crippen LogP contribution in [-0.4, -0.2) is 38.4 Å². The maximum atomic E-state index is 13.2. The molecule has 0 radical (unpaired) electrons. The van der Waals surface area contributed by atoms with Crippen molar-refractivity contribution in [1.29, 1.82) is 0 Å². The zero-order valence-corrected chi connectivity index (χ0v) is 18.6. The molecular formula is C22H21ClN2O6S. The summed E-state index contributed by atoms with van der Waals surface area (Å²) < 4.78 is 44.0. The monoisotopic (exact) mass is 476 g/mol. The fraction of sp³-hybridized carbons (Fsp3) is 0.227. The van der Waals surface area contributed by atoms with Crippen molar-refractivity contribution in [3.8, 4) is 11.5 Å². The van der Waals surface area contributed by atoms with E-state index in [2.05, 4.69) is 5.32 Å². The van der Waals surface area contributed by atoms with Crippen molar-refractivity contribution in [3.63, 3.8) is 0 Å². The lowest BCUT2D eigenvalue weighted by molar-refractivity contribution is -0.116. The zero-order valence-electron chi connectivity index (χ0n) is 17.0. The molecule has 1 aliphatic heterocycles. The van der Waals surface area contributed by atoms with E-state index in [1.807, 2.05) is 0 Å². The first-order chi connectivity index (χ1) is 15.4. The molecule has 2 aromatic carbocycles. The van der Waals surface area contributed by atoms with Crippen molar-refractivity contribution in [2.75, 3.05) is 25.1 Å². The Morgan fingerprint density at radius 1 is 1.03 bits per heavy atom. The third-order valence-electron chi connectivity index (χ3n) is 4.71. The Bertz CT molecular complexity index is 1180. The van der Waals surface area contributed by atoms with E-state index < -0.39 is 22.5 Å². The molecule has 168 valence electrons. The van der Waals surface area contributed by atoms with Gasteiger partial charge in [-0.2, -0.15) is 4.31 Å². The average molecular weight is 477 g/mol. The van der Waals surface area contributed by atoms with Gasteiger partial charge in [0.15, 0.2) is 11.5 Å². The number of nitrogens with one attached hydrogen (secondary N) is 1. The molecule has 32 heavy (non-hydrogen) atoms. The number of sulfonamides is 1. The van der Waals surface area contributed by atoms with Crippen LogP contribution in [-0.2, 0) is 21.4 Å². The van der Waals surface area contributed by atoms with Gasteiger partial charge in [0.05, 0.1) is 37.5 Å². The Morgan fingerprint density at radius 2 is 1.78 bits per heavy atom. The van der Waals surface area contributed by atoms with E-state index >= 15 is 0 Å². The van der Waals surface area contributed by atoms with Gasteiger partial charge in [-0.3, -0.25) is 4.79 Å². The normalized spacial score (nSPS) is 13.6. The molecule has 3 aromatic rings. The minimum absolute atomic E-state index is 0.0248. The lowest BCUT2D eigenvalue weighted by Gasteiger charge is -2.21. The first-order valence-corrected chi connectivity index (χ1v) is 11.7. The number of rotatable bonds is 7. The number of nitrogens with zero attached hydrogens (tertiary/aromatic N) is 1. The quantitative estimate of drug-likeness (QED) is 0.555. The minimum atomic E-state index is -3.99. The zero-order chi connectivity index (χ0) is 22.6. The second-order valence-corrected chi connectivity index (χ2v) is 9.44. The van der Waals surface area contributed by atoms with Crippen LogP contribution in [0, 0.1) is 0 Å². The number of ether oxygens (including phenoxy) is 2. The molecule has 1 aromatic heterocycles. The molecule has 1 amide bonds. The van der Waals surface area contributed by atoms with Crippen LogP contribution in [0.3, 0.4) is 0 Å². The second-order valence-electron chi connectivity index (χ2n) is 7.07. The molecular weight excluding hydrogens is 456 g/mol. The molecule has 0 atom stereocenters. The smallest absolute Gasteiger partial charge is 0.243 e. The van der Waals surface area contributed by atoms with Gasteiger partial charge >= 0.3 is 0 Å². The van der Waals surface area contributed by atoms with Gasteiger partial charge < -0.3 is 19.2 Å². The standard InChI is InChI=1S/C22H21ClN2O6S/c23-16-4-7-19(8-5-16)32(27,28)25(14-18-3-1-10-29-18)15-22(26)24-17-6-9-20-21(13-17)31-12-2-11-30-20/h1,3-10,13H,2,11-12,14-15H2,(H,24,26). The van der Waals surface area contributed by atoms with Crippen LogP contribution in [0.5, 0.6) is 11.5 Å². The number of halogens is 1. The summed E-state index contributed by atoms with van der Waals surface area (Å²) in [5.41, 5.74) is 0.473. The highest BCUT2D eigenvalue weighted by Crippen LogP contribution is 2.32. The van der Waals surface area contributed by atoms with Crippen molar-refractivity contribution in [2.45, 2.75) is 17.9 Å². The van der Waals surface area contributed by atoms with Crippen LogP contribution in [0.25, 0.3) is 0 Å². The molecule has 4 rings (SSSR count). The summed E-state index contributed by atoms with van der Waals surface area (Å²) in [6, 6.07) is 14.1. The summed E-state index contributed by atoms with van der Waals surface area (Å²) in [4.78, 5) is 12.8. The largest absolute Gasteiger partial charge is 0.490 e. The lowest BCUT2D eigenvalue weighted by Crippen LogP contribution is -2.37. The van der Waals surface area contributed by atoms with E-state index in [1.54, 1.807) is 30.3 Å². The molecule has 10 heteroatoms. The number of furan rings is 1. The van der Waals surface area contributed by atoms with Crippen molar-refractivity contribution in [1.82, 2.24) is 4.31 Å². The molecule has 0 aliphatic carbocycles. The highest BCUT2D eigenvalue weighted by molar-refractivity contribution is 7.89. The van der Waals surface area contributed by atoms with Crippen LogP contribution in [0.15, 0.2) is 70.2 Å². The van der Waals surface area contributed by atoms with Crippen molar-refractivity contribution in [3.05, 3.63) is 71.6 Å². The van der Waals surface area contributed by atoms with Crippen LogP contribution in [0.1, 0.15) is 12.2 Å². The lowest BCUT2D eigenvalue weighted by atomic mass is 10.2. The number of fused-ring (bicyclic) bond motifs is 1. The minimum Gasteiger partial charge on any atom is -0.490 e. The second kappa shape index (κ2) is 9.64. The number of anilines is 1. The predicted molar refractivity (Wildman–Crippen MR) is 118 cm³/mol. The Morgan fingerprint density at radius 3 is 2.50 bits per heavy atom. The number of carbonyl (C=O) groups excluding carboxylic acids is 1. The van der Waals surface area contributed by atoms with E-state index in [4.69, 9.17) is 25.5 Å². The van der Waals surface area contributed by atoms with E-state index in [-0.39, 0.29) is 11.4 Å². The van der Waals surface area contributed by atoms with Gasteiger partial charge in [-0.25, -0.2) is 8.42 Å². The van der Waals surface area contributed by atoms with Crippen LogP contribution >= 0.6 is 11.6 Å². The van der Waals surface area contributed by atoms with Gasteiger partial charge in [0.2, 0.25) is 15.9 Å². The summed E-state index contributed by atoms with van der Waals surface area (Å²) in [5, 5.41) is 3.13. The first-order valence-electron chi connectivity index (χ1n) is 9.89. The SMILES string of the molecule is O=C(CN(Cc1ccco1)S(=O)(=O)c1ccc(Cl)cc1)Nc1ccc2c(c1)OCCCO2. The average Bonchev–Trinajstić information content (AvgIpc) is 3.17.